The van der Waals surface area contributed by atoms with E-state index in [1.807, 2.05) is 7.05 Å². The molecule has 1 aliphatic heterocycles. The molecule has 0 aromatic carbocycles. The van der Waals surface area contributed by atoms with E-state index >= 15 is 0 Å². The van der Waals surface area contributed by atoms with Gasteiger partial charge in [-0.2, -0.15) is 5.26 Å². The zero-order chi connectivity index (χ0) is 8.27. The highest BCUT2D eigenvalue weighted by Gasteiger charge is 2.27. The maximum absolute atomic E-state index is 8.97. The summed E-state index contributed by atoms with van der Waals surface area (Å²) < 4.78 is 0. The van der Waals surface area contributed by atoms with Gasteiger partial charge in [0.15, 0.2) is 0 Å². The van der Waals surface area contributed by atoms with Crippen molar-refractivity contribution in [2.45, 2.75) is 18.9 Å². The molecule has 2 atom stereocenters. The second-order valence-corrected chi connectivity index (χ2v) is 3.11. The van der Waals surface area contributed by atoms with E-state index in [4.69, 9.17) is 10.4 Å². The van der Waals surface area contributed by atoms with Crippen LogP contribution in [0.5, 0.6) is 0 Å². The van der Waals surface area contributed by atoms with Crippen LogP contribution in [0.4, 0.5) is 0 Å². The van der Waals surface area contributed by atoms with E-state index < -0.39 is 0 Å². The summed E-state index contributed by atoms with van der Waals surface area (Å²) in [5.74, 6) is 0.0266. The molecule has 0 aliphatic carbocycles. The molecule has 3 nitrogen and oxygen atoms in total. The maximum atomic E-state index is 8.97. The van der Waals surface area contributed by atoms with Crippen molar-refractivity contribution in [3.63, 3.8) is 0 Å². The van der Waals surface area contributed by atoms with Gasteiger partial charge >= 0.3 is 0 Å². The summed E-state index contributed by atoms with van der Waals surface area (Å²) in [5, 5.41) is 17.7. The average molecular weight is 154 g/mol. The Morgan fingerprint density at radius 2 is 2.45 bits per heavy atom. The molecule has 0 spiro atoms. The van der Waals surface area contributed by atoms with Crippen molar-refractivity contribution >= 4 is 0 Å². The van der Waals surface area contributed by atoms with Crippen LogP contribution in [0, 0.1) is 17.2 Å². The van der Waals surface area contributed by atoms with E-state index in [9.17, 15) is 0 Å². The summed E-state index contributed by atoms with van der Waals surface area (Å²) in [6, 6.07) is 2.30. The van der Waals surface area contributed by atoms with Gasteiger partial charge in [0.1, 0.15) is 0 Å². The quantitative estimate of drug-likeness (QED) is 0.587. The molecule has 1 N–H and O–H groups in total. The number of hydrogen-bond acceptors (Lipinski definition) is 3. The minimum Gasteiger partial charge on any atom is -0.395 e. The highest BCUT2D eigenvalue weighted by molar-refractivity contribution is 4.94. The number of nitriles is 1. The minimum absolute atomic E-state index is 0.0266. The number of piperidine rings is 1. The van der Waals surface area contributed by atoms with Crippen LogP contribution in [0.15, 0.2) is 0 Å². The summed E-state index contributed by atoms with van der Waals surface area (Å²) in [5.41, 5.74) is 0. The average Bonchev–Trinajstić information content (AvgIpc) is 2.04. The molecule has 0 saturated carbocycles. The van der Waals surface area contributed by atoms with Gasteiger partial charge in [-0.3, -0.25) is 4.90 Å². The van der Waals surface area contributed by atoms with Gasteiger partial charge in [-0.15, -0.1) is 0 Å². The third-order valence-electron chi connectivity index (χ3n) is 2.41. The summed E-state index contributed by atoms with van der Waals surface area (Å²) in [6.07, 6.45) is 2.01. The minimum atomic E-state index is 0.0266. The Morgan fingerprint density at radius 1 is 1.73 bits per heavy atom. The second-order valence-electron chi connectivity index (χ2n) is 3.11. The molecular formula is C8H14N2O. The molecule has 1 saturated heterocycles. The topological polar surface area (TPSA) is 47.3 Å². The Kier molecular flexibility index (Phi) is 2.86. The molecule has 1 aliphatic rings. The van der Waals surface area contributed by atoms with E-state index in [0.717, 1.165) is 19.4 Å². The van der Waals surface area contributed by atoms with E-state index in [1.54, 1.807) is 0 Å². The SMILES string of the molecule is CN1CCCC(C#N)C1CO. The van der Waals surface area contributed by atoms with Crippen LogP contribution in [0.25, 0.3) is 0 Å². The Labute approximate surface area is 67.2 Å². The van der Waals surface area contributed by atoms with Crippen molar-refractivity contribution in [1.82, 2.24) is 4.90 Å². The fourth-order valence-electron chi connectivity index (χ4n) is 1.64. The summed E-state index contributed by atoms with van der Waals surface area (Å²) >= 11 is 0. The third-order valence-corrected chi connectivity index (χ3v) is 2.41. The van der Waals surface area contributed by atoms with Gasteiger partial charge in [0.2, 0.25) is 0 Å². The molecule has 1 fully saturated rings. The lowest BCUT2D eigenvalue weighted by Gasteiger charge is -2.34. The first-order chi connectivity index (χ1) is 5.29. The van der Waals surface area contributed by atoms with Crippen LogP contribution in [-0.2, 0) is 0 Å². The molecular weight excluding hydrogens is 140 g/mol. The lowest BCUT2D eigenvalue weighted by atomic mass is 9.91. The van der Waals surface area contributed by atoms with Crippen LogP contribution < -0.4 is 0 Å². The summed E-state index contributed by atoms with van der Waals surface area (Å²) in [4.78, 5) is 2.07. The normalized spacial score (nSPS) is 33.2. The van der Waals surface area contributed by atoms with Gasteiger partial charge in [0.05, 0.1) is 18.6 Å². The standard InChI is InChI=1S/C8H14N2O/c1-10-4-2-3-7(5-9)8(10)6-11/h7-8,11H,2-4,6H2,1H3. The predicted octanol–water partition coefficient (Wildman–Crippen LogP) is 0.213. The number of likely N-dealkylation sites (tertiary alicyclic amines) is 1. The number of hydrogen-bond donors (Lipinski definition) is 1. The molecule has 0 amide bonds. The van der Waals surface area contributed by atoms with Crippen molar-refractivity contribution in [3.8, 4) is 6.07 Å². The largest absolute Gasteiger partial charge is 0.395 e. The molecule has 3 heteroatoms. The van der Waals surface area contributed by atoms with Gasteiger partial charge in [-0.1, -0.05) is 0 Å². The molecule has 1 heterocycles. The first-order valence-electron chi connectivity index (χ1n) is 4.00. The number of rotatable bonds is 1. The number of aliphatic hydroxyl groups is 1. The van der Waals surface area contributed by atoms with Gasteiger partial charge < -0.3 is 5.11 Å². The van der Waals surface area contributed by atoms with Gasteiger partial charge in [-0.05, 0) is 26.4 Å². The molecule has 0 aromatic heterocycles. The highest BCUT2D eigenvalue weighted by Crippen LogP contribution is 2.20. The number of likely N-dealkylation sites (N-methyl/N-ethyl adjacent to an activating group) is 1. The fourth-order valence-corrected chi connectivity index (χ4v) is 1.64. The van der Waals surface area contributed by atoms with Crippen molar-refractivity contribution in [3.05, 3.63) is 0 Å². The number of aliphatic hydroxyl groups excluding tert-OH is 1. The molecule has 0 radical (unpaired) electrons. The molecule has 62 valence electrons. The first-order valence-corrected chi connectivity index (χ1v) is 4.00. The summed E-state index contributed by atoms with van der Waals surface area (Å²) in [7, 11) is 1.96. The molecule has 0 aromatic rings. The van der Waals surface area contributed by atoms with Gasteiger partial charge in [0, 0.05) is 6.04 Å². The molecule has 2 unspecified atom stereocenters. The van der Waals surface area contributed by atoms with Crippen LogP contribution in [-0.4, -0.2) is 36.2 Å². The Morgan fingerprint density at radius 3 is 2.91 bits per heavy atom. The van der Waals surface area contributed by atoms with Gasteiger partial charge in [-0.25, -0.2) is 0 Å². The summed E-state index contributed by atoms with van der Waals surface area (Å²) in [6.45, 7) is 1.11. The zero-order valence-electron chi connectivity index (χ0n) is 6.82. The second kappa shape index (κ2) is 3.70. The maximum Gasteiger partial charge on any atom is 0.0673 e. The lowest BCUT2D eigenvalue weighted by molar-refractivity contribution is 0.0872. The zero-order valence-corrected chi connectivity index (χ0v) is 6.82. The van der Waals surface area contributed by atoms with Crippen LogP contribution in [0.1, 0.15) is 12.8 Å². The van der Waals surface area contributed by atoms with Crippen LogP contribution in [0.3, 0.4) is 0 Å². The smallest absolute Gasteiger partial charge is 0.0673 e. The monoisotopic (exact) mass is 154 g/mol. The Hall–Kier alpha value is -0.590. The lowest BCUT2D eigenvalue weighted by Crippen LogP contribution is -2.44. The predicted molar refractivity (Wildman–Crippen MR) is 41.8 cm³/mol. The highest BCUT2D eigenvalue weighted by atomic mass is 16.3. The number of nitrogens with zero attached hydrogens (tertiary/aromatic N) is 2. The van der Waals surface area contributed by atoms with Crippen molar-refractivity contribution in [2.24, 2.45) is 5.92 Å². The van der Waals surface area contributed by atoms with E-state index in [-0.39, 0.29) is 18.6 Å². The van der Waals surface area contributed by atoms with E-state index in [1.165, 1.54) is 0 Å². The van der Waals surface area contributed by atoms with E-state index in [2.05, 4.69) is 11.0 Å². The van der Waals surface area contributed by atoms with Crippen LogP contribution in [0.2, 0.25) is 0 Å². The van der Waals surface area contributed by atoms with Crippen molar-refractivity contribution in [1.29, 1.82) is 5.26 Å². The first kappa shape index (κ1) is 8.51. The molecule has 0 bridgehead atoms. The van der Waals surface area contributed by atoms with Crippen molar-refractivity contribution < 1.29 is 5.11 Å². The Balaban J connectivity index is 2.57. The van der Waals surface area contributed by atoms with Gasteiger partial charge in [0.25, 0.3) is 0 Å². The molecule has 11 heavy (non-hydrogen) atoms. The van der Waals surface area contributed by atoms with E-state index in [0.29, 0.717) is 0 Å². The Bertz CT molecular complexity index is 164. The fraction of sp³-hybridized carbons (Fsp3) is 0.875. The van der Waals surface area contributed by atoms with Crippen LogP contribution >= 0.6 is 0 Å². The van der Waals surface area contributed by atoms with Crippen molar-refractivity contribution in [2.75, 3.05) is 20.2 Å². The third kappa shape index (κ3) is 1.70. The molecule has 1 rings (SSSR count).